The maximum absolute atomic E-state index is 14.0. The normalized spacial score (nSPS) is 21.3. The van der Waals surface area contributed by atoms with Gasteiger partial charge >= 0.3 is 0 Å². The molecular formula is C20H21F2N7O. The third-order valence-corrected chi connectivity index (χ3v) is 5.85. The van der Waals surface area contributed by atoms with Gasteiger partial charge in [-0.15, -0.1) is 10.2 Å². The lowest BCUT2D eigenvalue weighted by molar-refractivity contribution is -0.00382. The van der Waals surface area contributed by atoms with Crippen LogP contribution in [0.15, 0.2) is 36.7 Å². The zero-order valence-electron chi connectivity index (χ0n) is 16.3. The number of fused-ring (bicyclic) bond motifs is 3. The van der Waals surface area contributed by atoms with Crippen LogP contribution in [0.1, 0.15) is 25.1 Å². The van der Waals surface area contributed by atoms with Gasteiger partial charge in [-0.2, -0.15) is 0 Å². The minimum absolute atomic E-state index is 0.00349. The molecule has 0 aliphatic carbocycles. The van der Waals surface area contributed by atoms with Crippen molar-refractivity contribution in [1.29, 1.82) is 0 Å². The van der Waals surface area contributed by atoms with Gasteiger partial charge in [0.1, 0.15) is 17.5 Å². The maximum atomic E-state index is 14.0. The zero-order valence-corrected chi connectivity index (χ0v) is 16.3. The number of nitrogens with zero attached hydrogens (tertiary/aromatic N) is 5. The van der Waals surface area contributed by atoms with Crippen molar-refractivity contribution in [3.8, 4) is 0 Å². The molecule has 0 saturated carbocycles. The van der Waals surface area contributed by atoms with E-state index >= 15 is 0 Å². The van der Waals surface area contributed by atoms with Gasteiger partial charge in [-0.05, 0) is 30.5 Å². The molecule has 1 aliphatic rings. The van der Waals surface area contributed by atoms with Crippen LogP contribution in [0.3, 0.4) is 0 Å². The number of aliphatic hydroxyl groups excluding tert-OH is 1. The SMILES string of the molecule is C[C@@H]1CCN(C(O)Nc2ccc(F)cc2F)C[C@@H]1c1nnc2cnc3[nH]ccc3n12. The van der Waals surface area contributed by atoms with E-state index < -0.39 is 18.0 Å². The highest BCUT2D eigenvalue weighted by Gasteiger charge is 2.34. The minimum Gasteiger partial charge on any atom is -0.361 e. The lowest BCUT2D eigenvalue weighted by Gasteiger charge is -2.39. The molecule has 1 aromatic carbocycles. The molecule has 3 atom stereocenters. The minimum atomic E-state index is -1.12. The molecule has 1 aliphatic heterocycles. The predicted molar refractivity (Wildman–Crippen MR) is 107 cm³/mol. The molecule has 10 heteroatoms. The number of aromatic amines is 1. The molecule has 5 rings (SSSR count). The highest BCUT2D eigenvalue weighted by molar-refractivity contribution is 5.74. The molecular weight excluding hydrogens is 392 g/mol. The summed E-state index contributed by atoms with van der Waals surface area (Å²) in [4.78, 5) is 9.27. The number of hydrogen-bond donors (Lipinski definition) is 3. The molecule has 4 aromatic rings. The van der Waals surface area contributed by atoms with Crippen LogP contribution in [0.2, 0.25) is 0 Å². The van der Waals surface area contributed by atoms with Crippen LogP contribution in [0.5, 0.6) is 0 Å². The van der Waals surface area contributed by atoms with E-state index in [0.29, 0.717) is 24.7 Å². The van der Waals surface area contributed by atoms with Crippen molar-refractivity contribution < 1.29 is 13.9 Å². The first-order chi connectivity index (χ1) is 14.5. The topological polar surface area (TPSA) is 94.4 Å². The zero-order chi connectivity index (χ0) is 20.8. The van der Waals surface area contributed by atoms with Crippen molar-refractivity contribution in [3.63, 3.8) is 0 Å². The molecule has 8 nitrogen and oxygen atoms in total. The molecule has 3 N–H and O–H groups in total. The van der Waals surface area contributed by atoms with E-state index in [4.69, 9.17) is 0 Å². The number of aromatic nitrogens is 5. The van der Waals surface area contributed by atoms with E-state index in [0.717, 1.165) is 35.5 Å². The molecule has 4 heterocycles. The Bertz CT molecular complexity index is 1210. The van der Waals surface area contributed by atoms with Crippen LogP contribution in [-0.4, -0.2) is 54.0 Å². The van der Waals surface area contributed by atoms with Gasteiger partial charge in [0.25, 0.3) is 0 Å². The Labute approximate surface area is 170 Å². The van der Waals surface area contributed by atoms with Crippen molar-refractivity contribution in [2.75, 3.05) is 18.4 Å². The summed E-state index contributed by atoms with van der Waals surface area (Å²) < 4.78 is 29.1. The van der Waals surface area contributed by atoms with E-state index in [9.17, 15) is 13.9 Å². The predicted octanol–water partition coefficient (Wildman–Crippen LogP) is 2.70. The van der Waals surface area contributed by atoms with Crippen molar-refractivity contribution in [1.82, 2.24) is 29.5 Å². The summed E-state index contributed by atoms with van der Waals surface area (Å²) in [6.07, 6.45) is 3.20. The monoisotopic (exact) mass is 413 g/mol. The van der Waals surface area contributed by atoms with Crippen LogP contribution in [0.25, 0.3) is 16.8 Å². The van der Waals surface area contributed by atoms with Gasteiger partial charge in [-0.3, -0.25) is 9.30 Å². The van der Waals surface area contributed by atoms with Gasteiger partial charge in [0.05, 0.1) is 17.4 Å². The first-order valence-corrected chi connectivity index (χ1v) is 9.82. The Morgan fingerprint density at radius 2 is 2.13 bits per heavy atom. The number of halogens is 2. The fourth-order valence-electron chi connectivity index (χ4n) is 4.13. The largest absolute Gasteiger partial charge is 0.361 e. The molecule has 1 fully saturated rings. The Morgan fingerprint density at radius 1 is 1.27 bits per heavy atom. The number of likely N-dealkylation sites (tertiary alicyclic amines) is 1. The summed E-state index contributed by atoms with van der Waals surface area (Å²) in [6.45, 7) is 3.29. The second-order valence-electron chi connectivity index (χ2n) is 7.73. The van der Waals surface area contributed by atoms with Crippen LogP contribution < -0.4 is 5.32 Å². The Kier molecular flexibility index (Phi) is 4.59. The third-order valence-electron chi connectivity index (χ3n) is 5.85. The lowest BCUT2D eigenvalue weighted by Crippen LogP contribution is -2.48. The highest BCUT2D eigenvalue weighted by Crippen LogP contribution is 2.33. The summed E-state index contributed by atoms with van der Waals surface area (Å²) in [6, 6.07) is 5.15. The summed E-state index contributed by atoms with van der Waals surface area (Å²) >= 11 is 0. The van der Waals surface area contributed by atoms with E-state index in [1.165, 1.54) is 6.07 Å². The number of piperidine rings is 1. The highest BCUT2D eigenvalue weighted by atomic mass is 19.1. The number of H-pyrrole nitrogens is 1. The number of rotatable bonds is 4. The molecule has 30 heavy (non-hydrogen) atoms. The van der Waals surface area contributed by atoms with Crippen molar-refractivity contribution in [3.05, 3.63) is 54.1 Å². The number of benzene rings is 1. The first-order valence-electron chi connectivity index (χ1n) is 9.82. The quantitative estimate of drug-likeness (QED) is 0.446. The summed E-state index contributed by atoms with van der Waals surface area (Å²) in [5.74, 6) is -0.297. The second-order valence-corrected chi connectivity index (χ2v) is 7.73. The Hall–Kier alpha value is -3.11. The van der Waals surface area contributed by atoms with Crippen molar-refractivity contribution in [2.24, 2.45) is 5.92 Å². The lowest BCUT2D eigenvalue weighted by atomic mass is 9.86. The third kappa shape index (κ3) is 3.17. The average Bonchev–Trinajstić information content (AvgIpc) is 3.36. The summed E-state index contributed by atoms with van der Waals surface area (Å²) in [7, 11) is 0. The Morgan fingerprint density at radius 3 is 2.97 bits per heavy atom. The molecule has 0 bridgehead atoms. The standard InChI is InChI=1S/C20H21F2N7O/c1-11-5-7-28(20(30)25-15-3-2-12(21)8-14(15)22)10-13(11)19-27-26-17-9-24-18-16(29(17)19)4-6-23-18/h2-4,6,8-9,11,13,20,23,25,30H,5,7,10H2,1H3/t11-,13+,20?/m1/s1. The number of hydrogen-bond acceptors (Lipinski definition) is 6. The summed E-state index contributed by atoms with van der Waals surface area (Å²) in [5, 5.41) is 22.1. The molecule has 0 amide bonds. The van der Waals surface area contributed by atoms with Crippen molar-refractivity contribution >= 4 is 22.5 Å². The van der Waals surface area contributed by atoms with E-state index in [1.54, 1.807) is 6.20 Å². The number of anilines is 1. The van der Waals surface area contributed by atoms with Crippen LogP contribution >= 0.6 is 0 Å². The maximum Gasteiger partial charge on any atom is 0.184 e. The number of nitrogens with one attached hydrogen (secondary N) is 2. The first kappa shape index (κ1) is 18.9. The van der Waals surface area contributed by atoms with E-state index in [1.807, 2.05) is 21.6 Å². The fourth-order valence-corrected chi connectivity index (χ4v) is 4.13. The molecule has 1 unspecified atom stereocenters. The van der Waals surface area contributed by atoms with Gasteiger partial charge in [0.15, 0.2) is 17.6 Å². The van der Waals surface area contributed by atoms with Crippen LogP contribution in [0, 0.1) is 17.6 Å². The van der Waals surface area contributed by atoms with Crippen molar-refractivity contribution in [2.45, 2.75) is 25.6 Å². The van der Waals surface area contributed by atoms with E-state index in [2.05, 4.69) is 32.4 Å². The fraction of sp³-hybridized carbons (Fsp3) is 0.350. The number of aliphatic hydroxyl groups is 1. The van der Waals surface area contributed by atoms with Crippen LogP contribution in [0.4, 0.5) is 14.5 Å². The molecule has 1 saturated heterocycles. The molecule has 156 valence electrons. The molecule has 3 aromatic heterocycles. The van der Waals surface area contributed by atoms with Gasteiger partial charge in [-0.25, -0.2) is 13.8 Å². The molecule has 0 radical (unpaired) electrons. The van der Waals surface area contributed by atoms with Gasteiger partial charge in [-0.1, -0.05) is 6.92 Å². The van der Waals surface area contributed by atoms with Gasteiger partial charge < -0.3 is 15.4 Å². The van der Waals surface area contributed by atoms with Crippen LogP contribution in [-0.2, 0) is 0 Å². The summed E-state index contributed by atoms with van der Waals surface area (Å²) in [5.41, 5.74) is 2.35. The average molecular weight is 413 g/mol. The van der Waals surface area contributed by atoms with E-state index in [-0.39, 0.29) is 11.6 Å². The second kappa shape index (κ2) is 7.29. The van der Waals surface area contributed by atoms with Gasteiger partial charge in [0.2, 0.25) is 0 Å². The smallest absolute Gasteiger partial charge is 0.184 e. The van der Waals surface area contributed by atoms with Gasteiger partial charge in [0, 0.05) is 31.3 Å². The molecule has 0 spiro atoms. The Balaban J connectivity index is 1.43.